The largest absolute Gasteiger partial charge is 0.507 e. The molecular formula is C29H27NO7. The highest BCUT2D eigenvalue weighted by Crippen LogP contribution is 2.45. The number of ketones is 1. The van der Waals surface area contributed by atoms with Gasteiger partial charge < -0.3 is 24.1 Å². The van der Waals surface area contributed by atoms with Gasteiger partial charge in [0.15, 0.2) is 11.5 Å². The van der Waals surface area contributed by atoms with Gasteiger partial charge in [-0.1, -0.05) is 12.1 Å². The number of carbonyl (C=O) groups is 2. The lowest BCUT2D eigenvalue weighted by molar-refractivity contribution is -0.132. The molecule has 0 aromatic heterocycles. The quantitative estimate of drug-likeness (QED) is 0.269. The van der Waals surface area contributed by atoms with Crippen LogP contribution in [0.3, 0.4) is 0 Å². The van der Waals surface area contributed by atoms with Gasteiger partial charge in [0.25, 0.3) is 11.7 Å². The summed E-state index contributed by atoms with van der Waals surface area (Å²) in [6, 6.07) is 18.1. The van der Waals surface area contributed by atoms with Crippen LogP contribution in [0.1, 0.15) is 37.9 Å². The lowest BCUT2D eigenvalue weighted by Crippen LogP contribution is -2.29. The average molecular weight is 502 g/mol. The van der Waals surface area contributed by atoms with Crippen molar-refractivity contribution in [3.63, 3.8) is 0 Å². The van der Waals surface area contributed by atoms with Crippen molar-refractivity contribution in [1.82, 2.24) is 0 Å². The first kappa shape index (κ1) is 24.2. The van der Waals surface area contributed by atoms with Gasteiger partial charge in [-0.25, -0.2) is 0 Å². The summed E-state index contributed by atoms with van der Waals surface area (Å²) in [4.78, 5) is 28.2. The number of carbonyl (C=O) groups excluding carboxylic acids is 2. The summed E-state index contributed by atoms with van der Waals surface area (Å²) in [5.74, 6) is 0.432. The molecule has 190 valence electrons. The molecular weight excluding hydrogens is 474 g/mol. The third kappa shape index (κ3) is 4.58. The first-order chi connectivity index (χ1) is 17.9. The summed E-state index contributed by atoms with van der Waals surface area (Å²) in [6.07, 6.45) is -0.0101. The molecule has 3 aromatic carbocycles. The normalized spacial score (nSPS) is 17.9. The number of Topliss-reactive ketones (excluding diaryl/α,β-unsaturated/α-hetero) is 1. The number of nitrogens with zero attached hydrogens (tertiary/aromatic N) is 1. The molecule has 5 rings (SSSR count). The summed E-state index contributed by atoms with van der Waals surface area (Å²) < 4.78 is 22.3. The fourth-order valence-electron chi connectivity index (χ4n) is 4.51. The minimum atomic E-state index is -0.896. The summed E-state index contributed by atoms with van der Waals surface area (Å²) >= 11 is 0. The molecule has 3 aromatic rings. The molecule has 0 spiro atoms. The van der Waals surface area contributed by atoms with Crippen molar-refractivity contribution in [3.05, 3.63) is 83.4 Å². The number of aliphatic hydroxyl groups is 1. The highest BCUT2D eigenvalue weighted by molar-refractivity contribution is 6.51. The summed E-state index contributed by atoms with van der Waals surface area (Å²) in [5.41, 5.74) is 1.43. The van der Waals surface area contributed by atoms with Crippen LogP contribution >= 0.6 is 0 Å². The number of hydrogen-bond donors (Lipinski definition) is 1. The summed E-state index contributed by atoms with van der Waals surface area (Å²) in [6.45, 7) is 6.24. The molecule has 8 nitrogen and oxygen atoms in total. The molecule has 0 bridgehead atoms. The number of benzene rings is 3. The molecule has 2 aliphatic heterocycles. The molecule has 0 saturated carbocycles. The van der Waals surface area contributed by atoms with Crippen LogP contribution in [-0.2, 0) is 9.59 Å². The minimum absolute atomic E-state index is 0.0101. The van der Waals surface area contributed by atoms with Gasteiger partial charge in [-0.2, -0.15) is 0 Å². The molecule has 2 aliphatic rings. The number of amides is 1. The van der Waals surface area contributed by atoms with Gasteiger partial charge in [0.2, 0.25) is 6.79 Å². The molecule has 0 radical (unpaired) electrons. The molecule has 1 N–H and O–H groups in total. The fourth-order valence-corrected chi connectivity index (χ4v) is 4.51. The molecule has 1 unspecified atom stereocenters. The fraction of sp³-hybridized carbons (Fsp3) is 0.241. The number of rotatable bonds is 7. The standard InChI is InChI=1S/C29H27NO7/c1-4-34-22-7-5-6-19(14-22)26-25(27(31)18-8-11-21(12-9-18)37-17(2)3)28(32)29(33)30(26)20-10-13-23-24(15-20)36-16-35-23/h5-15,17,26,31H,4,16H2,1-3H3/b27-25+. The Labute approximate surface area is 214 Å². The minimum Gasteiger partial charge on any atom is -0.507 e. The van der Waals surface area contributed by atoms with Crippen molar-refractivity contribution >= 4 is 23.1 Å². The van der Waals surface area contributed by atoms with Crippen molar-refractivity contribution in [2.24, 2.45) is 0 Å². The maximum Gasteiger partial charge on any atom is 0.300 e. The number of ether oxygens (including phenoxy) is 4. The van der Waals surface area contributed by atoms with Crippen LogP contribution < -0.4 is 23.8 Å². The van der Waals surface area contributed by atoms with Crippen molar-refractivity contribution < 1.29 is 33.6 Å². The van der Waals surface area contributed by atoms with E-state index in [-0.39, 0.29) is 24.2 Å². The zero-order valence-electron chi connectivity index (χ0n) is 20.8. The second kappa shape index (κ2) is 9.89. The Bertz CT molecular complexity index is 1380. The Morgan fingerprint density at radius 3 is 2.49 bits per heavy atom. The van der Waals surface area contributed by atoms with Gasteiger partial charge in [-0.05, 0) is 74.9 Å². The highest BCUT2D eigenvalue weighted by atomic mass is 16.7. The van der Waals surface area contributed by atoms with Crippen molar-refractivity contribution in [1.29, 1.82) is 0 Å². The third-order valence-electron chi connectivity index (χ3n) is 6.06. The number of fused-ring (bicyclic) bond motifs is 1. The Hall–Kier alpha value is -4.46. The highest BCUT2D eigenvalue weighted by Gasteiger charge is 2.47. The van der Waals surface area contributed by atoms with Crippen LogP contribution in [0.4, 0.5) is 5.69 Å². The van der Waals surface area contributed by atoms with Gasteiger partial charge in [-0.3, -0.25) is 14.5 Å². The van der Waals surface area contributed by atoms with E-state index >= 15 is 0 Å². The molecule has 0 aliphatic carbocycles. The van der Waals surface area contributed by atoms with Gasteiger partial charge in [0, 0.05) is 17.3 Å². The van der Waals surface area contributed by atoms with Crippen LogP contribution in [-0.4, -0.2) is 36.3 Å². The van der Waals surface area contributed by atoms with E-state index < -0.39 is 17.7 Å². The van der Waals surface area contributed by atoms with Crippen LogP contribution in [0.5, 0.6) is 23.0 Å². The van der Waals surface area contributed by atoms with Crippen molar-refractivity contribution in [2.45, 2.75) is 32.9 Å². The molecule has 1 fully saturated rings. The Morgan fingerprint density at radius 1 is 1.00 bits per heavy atom. The van der Waals surface area contributed by atoms with E-state index in [1.165, 1.54) is 4.90 Å². The lowest BCUT2D eigenvalue weighted by Gasteiger charge is -2.26. The zero-order valence-corrected chi connectivity index (χ0v) is 20.8. The first-order valence-electron chi connectivity index (χ1n) is 12.1. The van der Waals surface area contributed by atoms with Gasteiger partial charge in [0.1, 0.15) is 17.3 Å². The van der Waals surface area contributed by atoms with Gasteiger partial charge in [0.05, 0.1) is 24.3 Å². The van der Waals surface area contributed by atoms with E-state index in [1.54, 1.807) is 66.7 Å². The van der Waals surface area contributed by atoms with E-state index in [0.29, 0.717) is 46.4 Å². The van der Waals surface area contributed by atoms with Crippen LogP contribution in [0.15, 0.2) is 72.3 Å². The van der Waals surface area contributed by atoms with Crippen molar-refractivity contribution in [2.75, 3.05) is 18.3 Å². The van der Waals surface area contributed by atoms with E-state index in [0.717, 1.165) is 0 Å². The maximum atomic E-state index is 13.4. The molecule has 1 saturated heterocycles. The number of anilines is 1. The Morgan fingerprint density at radius 2 is 1.76 bits per heavy atom. The van der Waals surface area contributed by atoms with E-state index in [9.17, 15) is 14.7 Å². The zero-order chi connectivity index (χ0) is 26.1. The number of hydrogen-bond acceptors (Lipinski definition) is 7. The van der Waals surface area contributed by atoms with Gasteiger partial charge in [-0.15, -0.1) is 0 Å². The van der Waals surface area contributed by atoms with Crippen molar-refractivity contribution in [3.8, 4) is 23.0 Å². The summed E-state index contributed by atoms with van der Waals surface area (Å²) in [7, 11) is 0. The van der Waals surface area contributed by atoms with Crippen LogP contribution in [0.2, 0.25) is 0 Å². The molecule has 1 amide bonds. The Balaban J connectivity index is 1.64. The molecule has 1 atom stereocenters. The molecule has 2 heterocycles. The predicted molar refractivity (Wildman–Crippen MR) is 137 cm³/mol. The second-order valence-electron chi connectivity index (χ2n) is 8.90. The SMILES string of the molecule is CCOc1cccc(C2/C(=C(\O)c3ccc(OC(C)C)cc3)C(=O)C(=O)N2c2ccc3c(c2)OCO3)c1. The molecule has 37 heavy (non-hydrogen) atoms. The number of aliphatic hydroxyl groups excluding tert-OH is 1. The van der Waals surface area contributed by atoms with Crippen LogP contribution in [0.25, 0.3) is 5.76 Å². The first-order valence-corrected chi connectivity index (χ1v) is 12.1. The predicted octanol–water partition coefficient (Wildman–Crippen LogP) is 5.23. The topological polar surface area (TPSA) is 94.5 Å². The third-order valence-corrected chi connectivity index (χ3v) is 6.06. The van der Waals surface area contributed by atoms with E-state index in [1.807, 2.05) is 20.8 Å². The Kier molecular flexibility index (Phi) is 6.48. The average Bonchev–Trinajstić information content (AvgIpc) is 3.46. The van der Waals surface area contributed by atoms with Crippen LogP contribution in [0, 0.1) is 0 Å². The maximum absolute atomic E-state index is 13.4. The monoisotopic (exact) mass is 501 g/mol. The summed E-state index contributed by atoms with van der Waals surface area (Å²) in [5, 5.41) is 11.4. The van der Waals surface area contributed by atoms with Gasteiger partial charge >= 0.3 is 0 Å². The molecule has 8 heteroatoms. The van der Waals surface area contributed by atoms with E-state index in [2.05, 4.69) is 0 Å². The van der Waals surface area contributed by atoms with E-state index in [4.69, 9.17) is 18.9 Å². The lowest BCUT2D eigenvalue weighted by atomic mass is 9.95. The second-order valence-corrected chi connectivity index (χ2v) is 8.90. The smallest absolute Gasteiger partial charge is 0.300 e.